The molecule has 1 aliphatic carbocycles. The lowest BCUT2D eigenvalue weighted by Gasteiger charge is -2.14. The zero-order valence-corrected chi connectivity index (χ0v) is 12.2. The fraction of sp³-hybridized carbons (Fsp3) is 0.500. The molecule has 5 nitrogen and oxygen atoms in total. The van der Waals surface area contributed by atoms with Gasteiger partial charge in [-0.15, -0.1) is 0 Å². The SMILES string of the molecule is N[C@@H]1CCC[C@H]1CC(=O)NCCC(=O)Nc1ccccc1. The average molecular weight is 289 g/mol. The summed E-state index contributed by atoms with van der Waals surface area (Å²) in [4.78, 5) is 23.5. The van der Waals surface area contributed by atoms with Crippen LogP contribution in [-0.4, -0.2) is 24.4 Å². The van der Waals surface area contributed by atoms with Gasteiger partial charge in [0, 0.05) is 31.1 Å². The largest absolute Gasteiger partial charge is 0.356 e. The van der Waals surface area contributed by atoms with Crippen LogP contribution in [0.1, 0.15) is 32.1 Å². The van der Waals surface area contributed by atoms with Crippen LogP contribution in [0.3, 0.4) is 0 Å². The van der Waals surface area contributed by atoms with Gasteiger partial charge in [-0.1, -0.05) is 24.6 Å². The van der Waals surface area contributed by atoms with Crippen molar-refractivity contribution >= 4 is 17.5 Å². The molecule has 0 aliphatic heterocycles. The normalized spacial score (nSPS) is 21.0. The molecule has 2 rings (SSSR count). The molecule has 2 amide bonds. The molecule has 0 saturated heterocycles. The van der Waals surface area contributed by atoms with Crippen LogP contribution in [0.4, 0.5) is 5.69 Å². The van der Waals surface area contributed by atoms with E-state index in [4.69, 9.17) is 5.73 Å². The summed E-state index contributed by atoms with van der Waals surface area (Å²) in [5.41, 5.74) is 6.72. The molecule has 0 aromatic heterocycles. The molecule has 0 spiro atoms. The zero-order valence-electron chi connectivity index (χ0n) is 12.2. The minimum Gasteiger partial charge on any atom is -0.356 e. The van der Waals surface area contributed by atoms with Gasteiger partial charge >= 0.3 is 0 Å². The predicted molar refractivity (Wildman–Crippen MR) is 82.6 cm³/mol. The van der Waals surface area contributed by atoms with Gasteiger partial charge in [0.1, 0.15) is 0 Å². The fourth-order valence-corrected chi connectivity index (χ4v) is 2.69. The van der Waals surface area contributed by atoms with Crippen LogP contribution < -0.4 is 16.4 Å². The number of hydrogen-bond acceptors (Lipinski definition) is 3. The van der Waals surface area contributed by atoms with Crippen molar-refractivity contribution in [2.45, 2.75) is 38.1 Å². The number of nitrogens with one attached hydrogen (secondary N) is 2. The Balaban J connectivity index is 1.62. The molecule has 114 valence electrons. The summed E-state index contributed by atoms with van der Waals surface area (Å²) in [6.45, 7) is 0.361. The van der Waals surface area contributed by atoms with Crippen LogP contribution in [0.2, 0.25) is 0 Å². The Morgan fingerprint density at radius 3 is 2.57 bits per heavy atom. The molecule has 1 aromatic carbocycles. The highest BCUT2D eigenvalue weighted by Crippen LogP contribution is 2.26. The van der Waals surface area contributed by atoms with Crippen LogP contribution in [0, 0.1) is 5.92 Å². The Morgan fingerprint density at radius 1 is 1.14 bits per heavy atom. The summed E-state index contributed by atoms with van der Waals surface area (Å²) in [5, 5.41) is 5.58. The van der Waals surface area contributed by atoms with Gasteiger partial charge in [-0.3, -0.25) is 9.59 Å². The highest BCUT2D eigenvalue weighted by atomic mass is 16.2. The van der Waals surface area contributed by atoms with Crippen molar-refractivity contribution in [3.63, 3.8) is 0 Å². The summed E-state index contributed by atoms with van der Waals surface area (Å²) in [5.74, 6) is 0.187. The van der Waals surface area contributed by atoms with Gasteiger partial charge in [0.25, 0.3) is 0 Å². The van der Waals surface area contributed by atoms with E-state index in [1.807, 2.05) is 30.3 Å². The first kappa shape index (κ1) is 15.5. The lowest BCUT2D eigenvalue weighted by molar-refractivity contribution is -0.122. The van der Waals surface area contributed by atoms with E-state index in [9.17, 15) is 9.59 Å². The Labute approximate surface area is 125 Å². The van der Waals surface area contributed by atoms with Crippen molar-refractivity contribution in [3.05, 3.63) is 30.3 Å². The third-order valence-corrected chi connectivity index (χ3v) is 3.90. The van der Waals surface area contributed by atoms with Crippen molar-refractivity contribution in [1.29, 1.82) is 0 Å². The van der Waals surface area contributed by atoms with Crippen molar-refractivity contribution in [2.24, 2.45) is 11.7 Å². The van der Waals surface area contributed by atoms with Crippen LogP contribution >= 0.6 is 0 Å². The third kappa shape index (κ3) is 5.19. The summed E-state index contributed by atoms with van der Waals surface area (Å²) in [7, 11) is 0. The number of carbonyl (C=O) groups is 2. The number of nitrogens with two attached hydrogens (primary N) is 1. The Kier molecular flexibility index (Phi) is 5.75. The lowest BCUT2D eigenvalue weighted by Crippen LogP contribution is -2.33. The molecule has 4 N–H and O–H groups in total. The van der Waals surface area contributed by atoms with Gasteiger partial charge in [-0.2, -0.15) is 0 Å². The molecule has 0 radical (unpaired) electrons. The second-order valence-electron chi connectivity index (χ2n) is 5.57. The number of benzene rings is 1. The van der Waals surface area contributed by atoms with Crippen LogP contribution in [-0.2, 0) is 9.59 Å². The summed E-state index contributed by atoms with van der Waals surface area (Å²) >= 11 is 0. The van der Waals surface area contributed by atoms with E-state index in [-0.39, 0.29) is 24.3 Å². The number of hydrogen-bond donors (Lipinski definition) is 3. The maximum absolute atomic E-state index is 11.8. The highest BCUT2D eigenvalue weighted by molar-refractivity contribution is 5.91. The molecule has 21 heavy (non-hydrogen) atoms. The quantitative estimate of drug-likeness (QED) is 0.744. The minimum absolute atomic E-state index is 0.00939. The third-order valence-electron chi connectivity index (χ3n) is 3.90. The summed E-state index contributed by atoms with van der Waals surface area (Å²) < 4.78 is 0. The van der Waals surface area contributed by atoms with E-state index in [0.29, 0.717) is 18.9 Å². The van der Waals surface area contributed by atoms with E-state index in [2.05, 4.69) is 10.6 Å². The molecule has 2 atom stereocenters. The summed E-state index contributed by atoms with van der Waals surface area (Å²) in [6.07, 6.45) is 3.90. The van der Waals surface area contributed by atoms with Crippen molar-refractivity contribution in [3.8, 4) is 0 Å². The molecule has 0 bridgehead atoms. The molecular weight excluding hydrogens is 266 g/mol. The molecule has 1 aromatic rings. The molecule has 0 heterocycles. The first-order valence-electron chi connectivity index (χ1n) is 7.52. The van der Waals surface area contributed by atoms with Crippen molar-refractivity contribution < 1.29 is 9.59 Å². The van der Waals surface area contributed by atoms with E-state index in [0.717, 1.165) is 24.9 Å². The second kappa shape index (κ2) is 7.78. The number of rotatable bonds is 6. The maximum atomic E-state index is 11.8. The number of para-hydroxylation sites is 1. The van der Waals surface area contributed by atoms with Crippen LogP contribution in [0.25, 0.3) is 0 Å². The Bertz CT molecular complexity index is 476. The predicted octanol–water partition coefficient (Wildman–Crippen LogP) is 1.65. The van der Waals surface area contributed by atoms with E-state index in [1.165, 1.54) is 0 Å². The number of anilines is 1. The molecule has 0 unspecified atom stereocenters. The maximum Gasteiger partial charge on any atom is 0.226 e. The second-order valence-corrected chi connectivity index (χ2v) is 5.57. The van der Waals surface area contributed by atoms with Gasteiger partial charge in [-0.25, -0.2) is 0 Å². The summed E-state index contributed by atoms with van der Waals surface area (Å²) in [6, 6.07) is 9.43. The van der Waals surface area contributed by atoms with Crippen LogP contribution in [0.5, 0.6) is 0 Å². The smallest absolute Gasteiger partial charge is 0.226 e. The van der Waals surface area contributed by atoms with Crippen LogP contribution in [0.15, 0.2) is 30.3 Å². The topological polar surface area (TPSA) is 84.2 Å². The minimum atomic E-state index is -0.0981. The van der Waals surface area contributed by atoms with Crippen molar-refractivity contribution in [2.75, 3.05) is 11.9 Å². The van der Waals surface area contributed by atoms with Gasteiger partial charge < -0.3 is 16.4 Å². The first-order chi connectivity index (χ1) is 10.1. The fourth-order valence-electron chi connectivity index (χ4n) is 2.69. The number of amides is 2. The Hall–Kier alpha value is -1.88. The van der Waals surface area contributed by atoms with E-state index >= 15 is 0 Å². The molecule has 1 fully saturated rings. The molecule has 1 aliphatic rings. The van der Waals surface area contributed by atoms with Gasteiger partial charge in [-0.05, 0) is 30.9 Å². The van der Waals surface area contributed by atoms with Gasteiger partial charge in [0.15, 0.2) is 0 Å². The van der Waals surface area contributed by atoms with E-state index < -0.39 is 0 Å². The first-order valence-corrected chi connectivity index (χ1v) is 7.52. The number of carbonyl (C=O) groups excluding carboxylic acids is 2. The lowest BCUT2D eigenvalue weighted by atomic mass is 10.00. The van der Waals surface area contributed by atoms with Gasteiger partial charge in [0.05, 0.1) is 0 Å². The molecule has 1 saturated carbocycles. The molecule has 5 heteroatoms. The zero-order chi connectivity index (χ0) is 15.1. The van der Waals surface area contributed by atoms with E-state index in [1.54, 1.807) is 0 Å². The highest BCUT2D eigenvalue weighted by Gasteiger charge is 2.25. The average Bonchev–Trinajstić information content (AvgIpc) is 2.85. The monoisotopic (exact) mass is 289 g/mol. The van der Waals surface area contributed by atoms with Gasteiger partial charge in [0.2, 0.25) is 11.8 Å². The Morgan fingerprint density at radius 2 is 1.90 bits per heavy atom. The molecular formula is C16H23N3O2. The van der Waals surface area contributed by atoms with Crippen molar-refractivity contribution in [1.82, 2.24) is 5.32 Å². The standard InChI is InChI=1S/C16H23N3O2/c17-14-8-4-5-12(14)11-16(21)18-10-9-15(20)19-13-6-2-1-3-7-13/h1-3,6-7,12,14H,4-5,8-11,17H2,(H,18,21)(H,19,20)/t12-,14+/m0/s1.